The summed E-state index contributed by atoms with van der Waals surface area (Å²) in [5, 5.41) is 2.98. The van der Waals surface area contributed by atoms with Crippen LogP contribution in [0.4, 0.5) is 13.2 Å². The van der Waals surface area contributed by atoms with E-state index in [9.17, 15) is 21.6 Å². The molecule has 0 aliphatic carbocycles. The first-order valence-electron chi connectivity index (χ1n) is 7.07. The van der Waals surface area contributed by atoms with Gasteiger partial charge in [0.25, 0.3) is 10.2 Å². The average Bonchev–Trinajstić information content (AvgIpc) is 2.93. The van der Waals surface area contributed by atoms with E-state index in [1.807, 2.05) is 0 Å². The van der Waals surface area contributed by atoms with Crippen molar-refractivity contribution in [2.75, 3.05) is 45.8 Å². The van der Waals surface area contributed by atoms with E-state index in [0.29, 0.717) is 26.2 Å². The Morgan fingerprint density at radius 1 is 1.10 bits per heavy atom. The molecule has 2 N–H and O–H groups in total. The van der Waals surface area contributed by atoms with E-state index in [-0.39, 0.29) is 13.1 Å². The summed E-state index contributed by atoms with van der Waals surface area (Å²) in [4.78, 5) is 1.28. The summed E-state index contributed by atoms with van der Waals surface area (Å²) in [7, 11) is -3.81. The summed E-state index contributed by atoms with van der Waals surface area (Å²) < 4.78 is 66.7. The average molecular weight is 330 g/mol. The molecule has 0 aromatic heterocycles. The lowest BCUT2D eigenvalue weighted by molar-refractivity contribution is -0.182. The van der Waals surface area contributed by atoms with E-state index in [4.69, 9.17) is 0 Å². The third-order valence-electron chi connectivity index (χ3n) is 3.83. The Labute approximate surface area is 122 Å². The van der Waals surface area contributed by atoms with Gasteiger partial charge in [-0.2, -0.15) is 25.9 Å². The summed E-state index contributed by atoms with van der Waals surface area (Å²) in [6.45, 7) is 1.59. The van der Waals surface area contributed by atoms with Gasteiger partial charge in [0.05, 0.1) is 0 Å². The summed E-state index contributed by atoms with van der Waals surface area (Å²) in [5.74, 6) is 0. The van der Waals surface area contributed by atoms with Crippen LogP contribution in [0.25, 0.3) is 0 Å². The number of nitrogens with one attached hydrogen (secondary N) is 2. The lowest BCUT2D eigenvalue weighted by atomic mass is 10.2. The van der Waals surface area contributed by atoms with Gasteiger partial charge in [0, 0.05) is 45.8 Å². The van der Waals surface area contributed by atoms with Crippen LogP contribution in [0.3, 0.4) is 0 Å². The van der Waals surface area contributed by atoms with Gasteiger partial charge >= 0.3 is 6.18 Å². The van der Waals surface area contributed by atoms with E-state index in [1.54, 1.807) is 0 Å². The monoisotopic (exact) mass is 330 g/mol. The molecule has 124 valence electrons. The van der Waals surface area contributed by atoms with Crippen molar-refractivity contribution >= 4 is 10.2 Å². The Balaban J connectivity index is 1.98. The summed E-state index contributed by atoms with van der Waals surface area (Å²) in [5.41, 5.74) is 0. The summed E-state index contributed by atoms with van der Waals surface area (Å²) in [6, 6.07) is -1.78. The van der Waals surface area contributed by atoms with E-state index >= 15 is 0 Å². The lowest BCUT2D eigenvalue weighted by Gasteiger charge is -2.36. The van der Waals surface area contributed by atoms with Crippen molar-refractivity contribution in [3.63, 3.8) is 0 Å². The minimum atomic E-state index is -4.45. The molecule has 2 aliphatic rings. The van der Waals surface area contributed by atoms with Crippen molar-refractivity contribution < 1.29 is 21.6 Å². The number of halogens is 3. The molecular formula is C11H21F3N4O2S. The fourth-order valence-corrected chi connectivity index (χ4v) is 3.94. The Bertz CT molecular complexity index is 431. The highest BCUT2D eigenvalue weighted by Crippen LogP contribution is 2.25. The lowest BCUT2D eigenvalue weighted by Crippen LogP contribution is -2.58. The van der Waals surface area contributed by atoms with Gasteiger partial charge in [-0.1, -0.05) is 0 Å². The summed E-state index contributed by atoms with van der Waals surface area (Å²) >= 11 is 0. The smallest absolute Gasteiger partial charge is 0.314 e. The van der Waals surface area contributed by atoms with Gasteiger partial charge < -0.3 is 5.32 Å². The number of piperazine rings is 1. The van der Waals surface area contributed by atoms with E-state index in [0.717, 1.165) is 12.8 Å². The van der Waals surface area contributed by atoms with Gasteiger partial charge in [-0.15, -0.1) is 0 Å². The Hall–Kier alpha value is -0.420. The van der Waals surface area contributed by atoms with Crippen LogP contribution in [-0.2, 0) is 10.2 Å². The molecule has 0 spiro atoms. The quantitative estimate of drug-likeness (QED) is 0.730. The number of rotatable bonds is 5. The molecule has 1 unspecified atom stereocenters. The fourth-order valence-electron chi connectivity index (χ4n) is 2.65. The standard InChI is InChI=1S/C11H21F3N4O2S/c12-11(13,14)10(17-7-3-15-4-8-17)9-16-21(19,20)18-5-1-2-6-18/h10,15-16H,1-9H2. The van der Waals surface area contributed by atoms with Crippen LogP contribution in [0.2, 0.25) is 0 Å². The highest BCUT2D eigenvalue weighted by molar-refractivity contribution is 7.87. The molecule has 2 heterocycles. The highest BCUT2D eigenvalue weighted by Gasteiger charge is 2.44. The minimum Gasteiger partial charge on any atom is -0.314 e. The van der Waals surface area contributed by atoms with Gasteiger partial charge in [-0.3, -0.25) is 4.90 Å². The molecule has 10 heteroatoms. The zero-order valence-corrected chi connectivity index (χ0v) is 12.5. The van der Waals surface area contributed by atoms with E-state index < -0.39 is 29.0 Å². The molecule has 21 heavy (non-hydrogen) atoms. The minimum absolute atomic E-state index is 0.260. The zero-order valence-electron chi connectivity index (χ0n) is 11.7. The maximum Gasteiger partial charge on any atom is 0.405 e. The molecule has 6 nitrogen and oxygen atoms in total. The highest BCUT2D eigenvalue weighted by atomic mass is 32.2. The predicted octanol–water partition coefficient (Wildman–Crippen LogP) is -0.247. The van der Waals surface area contributed by atoms with Crippen LogP contribution >= 0.6 is 0 Å². The van der Waals surface area contributed by atoms with Gasteiger partial charge in [0.2, 0.25) is 0 Å². The van der Waals surface area contributed by atoms with Gasteiger partial charge in [-0.05, 0) is 12.8 Å². The maximum atomic E-state index is 13.1. The Morgan fingerprint density at radius 3 is 2.19 bits per heavy atom. The zero-order chi connectivity index (χ0) is 15.5. The number of nitrogens with zero attached hydrogens (tertiary/aromatic N) is 2. The molecular weight excluding hydrogens is 309 g/mol. The molecule has 0 radical (unpaired) electrons. The largest absolute Gasteiger partial charge is 0.405 e. The van der Waals surface area contributed by atoms with Crippen molar-refractivity contribution in [2.45, 2.75) is 25.1 Å². The molecule has 0 saturated carbocycles. The third kappa shape index (κ3) is 4.52. The normalized spacial score (nSPS) is 24.3. The first-order valence-corrected chi connectivity index (χ1v) is 8.51. The molecule has 1 atom stereocenters. The first kappa shape index (κ1) is 16.9. The number of alkyl halides is 3. The van der Waals surface area contributed by atoms with Crippen LogP contribution in [-0.4, -0.2) is 75.7 Å². The Morgan fingerprint density at radius 2 is 1.67 bits per heavy atom. The molecule has 0 amide bonds. The van der Waals surface area contributed by atoms with Crippen molar-refractivity contribution in [1.82, 2.24) is 19.2 Å². The van der Waals surface area contributed by atoms with Crippen LogP contribution in [0.1, 0.15) is 12.8 Å². The SMILES string of the molecule is O=S(=O)(NCC(N1CCNCC1)C(F)(F)F)N1CCCC1. The van der Waals surface area contributed by atoms with Crippen LogP contribution in [0.15, 0.2) is 0 Å². The third-order valence-corrected chi connectivity index (χ3v) is 5.41. The predicted molar refractivity (Wildman–Crippen MR) is 72.0 cm³/mol. The molecule has 2 rings (SSSR count). The summed E-state index contributed by atoms with van der Waals surface area (Å²) in [6.07, 6.45) is -2.95. The van der Waals surface area contributed by atoms with Crippen molar-refractivity contribution in [1.29, 1.82) is 0 Å². The second-order valence-corrected chi connectivity index (χ2v) is 7.06. The van der Waals surface area contributed by atoms with Crippen LogP contribution in [0, 0.1) is 0 Å². The van der Waals surface area contributed by atoms with E-state index in [2.05, 4.69) is 10.0 Å². The second kappa shape index (κ2) is 6.78. The molecule has 2 aliphatic heterocycles. The van der Waals surface area contributed by atoms with E-state index in [1.165, 1.54) is 9.21 Å². The first-order chi connectivity index (χ1) is 9.81. The maximum absolute atomic E-state index is 13.1. The van der Waals surface area contributed by atoms with Gasteiger partial charge in [-0.25, -0.2) is 4.72 Å². The van der Waals surface area contributed by atoms with Crippen molar-refractivity contribution in [3.05, 3.63) is 0 Å². The molecule has 2 fully saturated rings. The van der Waals surface area contributed by atoms with Crippen molar-refractivity contribution in [2.24, 2.45) is 0 Å². The molecule has 2 saturated heterocycles. The topological polar surface area (TPSA) is 64.7 Å². The molecule has 0 bridgehead atoms. The fraction of sp³-hybridized carbons (Fsp3) is 1.00. The van der Waals surface area contributed by atoms with Crippen LogP contribution in [0.5, 0.6) is 0 Å². The van der Waals surface area contributed by atoms with Gasteiger partial charge in [0.1, 0.15) is 6.04 Å². The molecule has 0 aromatic carbocycles. The Kier molecular flexibility index (Phi) is 5.47. The van der Waals surface area contributed by atoms with Crippen LogP contribution < -0.4 is 10.0 Å². The second-order valence-electron chi connectivity index (χ2n) is 5.30. The molecule has 0 aromatic rings. The number of hydrogen-bond donors (Lipinski definition) is 2. The number of hydrogen-bond acceptors (Lipinski definition) is 4. The van der Waals surface area contributed by atoms with Gasteiger partial charge in [0.15, 0.2) is 0 Å². The van der Waals surface area contributed by atoms with Crippen molar-refractivity contribution in [3.8, 4) is 0 Å².